The number of carbonyl (C=O) groups is 2. The predicted molar refractivity (Wildman–Crippen MR) is 82.7 cm³/mol. The van der Waals surface area contributed by atoms with Crippen molar-refractivity contribution in [1.29, 1.82) is 0 Å². The smallest absolute Gasteiger partial charge is 0.198 e. The van der Waals surface area contributed by atoms with E-state index in [2.05, 4.69) is 0 Å². The summed E-state index contributed by atoms with van der Waals surface area (Å²) in [6.07, 6.45) is 4.86. The number of rotatable bonds is 0. The van der Waals surface area contributed by atoms with Crippen molar-refractivity contribution in [3.05, 3.63) is 63.7 Å². The van der Waals surface area contributed by atoms with Crippen LogP contribution in [0.4, 0.5) is 0 Å². The van der Waals surface area contributed by atoms with Crippen LogP contribution in [-0.4, -0.2) is 16.7 Å². The molecule has 22 heavy (non-hydrogen) atoms. The molecule has 1 N–H and O–H groups in total. The number of hydrogen-bond acceptors (Lipinski definition) is 3. The normalized spacial score (nSPS) is 16.5. The average molecular weight is 292 g/mol. The highest BCUT2D eigenvalue weighted by Gasteiger charge is 2.35. The van der Waals surface area contributed by atoms with Gasteiger partial charge in [0.05, 0.1) is 5.56 Å². The third-order valence-corrected chi connectivity index (χ3v) is 4.75. The summed E-state index contributed by atoms with van der Waals surface area (Å²) in [5, 5.41) is 10.3. The van der Waals surface area contributed by atoms with Crippen molar-refractivity contribution in [2.45, 2.75) is 32.1 Å². The van der Waals surface area contributed by atoms with Crippen LogP contribution < -0.4 is 0 Å². The van der Waals surface area contributed by atoms with Crippen LogP contribution >= 0.6 is 0 Å². The van der Waals surface area contributed by atoms with E-state index in [9.17, 15) is 14.7 Å². The van der Waals surface area contributed by atoms with E-state index in [0.717, 1.165) is 43.2 Å². The minimum atomic E-state index is -0.241. The first-order valence-corrected chi connectivity index (χ1v) is 7.74. The van der Waals surface area contributed by atoms with E-state index in [-0.39, 0.29) is 22.9 Å². The first kappa shape index (κ1) is 13.3. The van der Waals surface area contributed by atoms with Gasteiger partial charge >= 0.3 is 0 Å². The topological polar surface area (TPSA) is 54.4 Å². The Morgan fingerprint density at radius 2 is 1.45 bits per heavy atom. The molecule has 0 amide bonds. The zero-order valence-electron chi connectivity index (χ0n) is 12.2. The summed E-state index contributed by atoms with van der Waals surface area (Å²) in [4.78, 5) is 25.7. The molecule has 3 nitrogen and oxygen atoms in total. The van der Waals surface area contributed by atoms with Gasteiger partial charge < -0.3 is 5.11 Å². The van der Waals surface area contributed by atoms with Gasteiger partial charge in [-0.25, -0.2) is 0 Å². The van der Waals surface area contributed by atoms with Gasteiger partial charge in [0, 0.05) is 16.7 Å². The second-order valence-electron chi connectivity index (χ2n) is 6.05. The summed E-state index contributed by atoms with van der Waals surface area (Å²) < 4.78 is 0. The standard InChI is InChI=1S/C19H16O3/c20-15-10-11-6-2-1-3-7-12(11)16-17(15)19(22)14-9-5-4-8-13(14)18(16)21/h4-5,8-10,20H,1-3,6-7H2. The molecule has 0 fully saturated rings. The summed E-state index contributed by atoms with van der Waals surface area (Å²) in [5.74, 6) is -0.419. The Kier molecular flexibility index (Phi) is 2.89. The zero-order chi connectivity index (χ0) is 15.3. The number of aromatic hydroxyl groups is 1. The van der Waals surface area contributed by atoms with Gasteiger partial charge in [0.25, 0.3) is 0 Å². The third kappa shape index (κ3) is 1.75. The Bertz CT molecular complexity index is 818. The molecule has 0 atom stereocenters. The van der Waals surface area contributed by atoms with Crippen LogP contribution in [0.2, 0.25) is 0 Å². The summed E-state index contributed by atoms with van der Waals surface area (Å²) in [6, 6.07) is 8.57. The third-order valence-electron chi connectivity index (χ3n) is 4.75. The van der Waals surface area contributed by atoms with E-state index >= 15 is 0 Å². The summed E-state index contributed by atoms with van der Waals surface area (Å²) in [5.41, 5.74) is 3.48. The molecule has 0 radical (unpaired) electrons. The molecule has 0 bridgehead atoms. The first-order valence-electron chi connectivity index (χ1n) is 7.74. The maximum Gasteiger partial charge on any atom is 0.198 e. The van der Waals surface area contributed by atoms with E-state index in [4.69, 9.17) is 0 Å². The molecule has 110 valence electrons. The van der Waals surface area contributed by atoms with Gasteiger partial charge in [-0.15, -0.1) is 0 Å². The lowest BCUT2D eigenvalue weighted by atomic mass is 9.79. The molecular weight excluding hydrogens is 276 g/mol. The van der Waals surface area contributed by atoms with E-state index in [1.54, 1.807) is 30.3 Å². The molecule has 0 aromatic heterocycles. The largest absolute Gasteiger partial charge is 0.507 e. The molecule has 2 aromatic carbocycles. The number of aryl methyl sites for hydroxylation is 1. The maximum absolute atomic E-state index is 12.9. The van der Waals surface area contributed by atoms with Gasteiger partial charge in [0.2, 0.25) is 0 Å². The van der Waals surface area contributed by atoms with Crippen molar-refractivity contribution in [3.63, 3.8) is 0 Å². The SMILES string of the molecule is O=C1c2ccccc2C(=O)c2c3c(cc(O)c21)CCCCC3. The van der Waals surface area contributed by atoms with Crippen LogP contribution in [-0.2, 0) is 12.8 Å². The summed E-state index contributed by atoms with van der Waals surface area (Å²) >= 11 is 0. The highest BCUT2D eigenvalue weighted by molar-refractivity contribution is 6.29. The molecule has 0 saturated heterocycles. The number of phenols is 1. The van der Waals surface area contributed by atoms with Crippen LogP contribution in [0, 0.1) is 0 Å². The molecule has 0 saturated carbocycles. The summed E-state index contributed by atoms with van der Waals surface area (Å²) in [6.45, 7) is 0. The van der Waals surface area contributed by atoms with Crippen molar-refractivity contribution in [2.24, 2.45) is 0 Å². The first-order chi connectivity index (χ1) is 10.7. The van der Waals surface area contributed by atoms with Crippen molar-refractivity contribution in [1.82, 2.24) is 0 Å². The van der Waals surface area contributed by atoms with Crippen LogP contribution in [0.5, 0.6) is 5.75 Å². The Hall–Kier alpha value is -2.42. The zero-order valence-corrected chi connectivity index (χ0v) is 12.2. The molecule has 4 rings (SSSR count). The molecule has 0 spiro atoms. The molecule has 3 heteroatoms. The Morgan fingerprint density at radius 3 is 2.18 bits per heavy atom. The molecule has 0 heterocycles. The van der Waals surface area contributed by atoms with Gasteiger partial charge in [-0.1, -0.05) is 30.7 Å². The fourth-order valence-electron chi connectivity index (χ4n) is 3.70. The number of ketones is 2. The lowest BCUT2D eigenvalue weighted by molar-refractivity contribution is 0.0975. The molecule has 0 unspecified atom stereocenters. The fourth-order valence-corrected chi connectivity index (χ4v) is 3.70. The van der Waals surface area contributed by atoms with E-state index in [1.807, 2.05) is 0 Å². The minimum Gasteiger partial charge on any atom is -0.507 e. The van der Waals surface area contributed by atoms with Crippen molar-refractivity contribution < 1.29 is 14.7 Å². The Morgan fingerprint density at radius 1 is 0.818 bits per heavy atom. The van der Waals surface area contributed by atoms with Crippen LogP contribution in [0.1, 0.15) is 62.2 Å². The van der Waals surface area contributed by atoms with E-state index in [1.165, 1.54) is 0 Å². The number of fused-ring (bicyclic) bond motifs is 4. The molecule has 2 aliphatic carbocycles. The lowest BCUT2D eigenvalue weighted by Crippen LogP contribution is -2.23. The number of hydrogen-bond donors (Lipinski definition) is 1. The quantitative estimate of drug-likeness (QED) is 0.646. The van der Waals surface area contributed by atoms with E-state index < -0.39 is 0 Å². The van der Waals surface area contributed by atoms with Gasteiger partial charge in [-0.2, -0.15) is 0 Å². The van der Waals surface area contributed by atoms with Crippen LogP contribution in [0.15, 0.2) is 30.3 Å². The van der Waals surface area contributed by atoms with Gasteiger partial charge in [0.1, 0.15) is 5.75 Å². The Labute approximate surface area is 128 Å². The fraction of sp³-hybridized carbons (Fsp3) is 0.263. The second-order valence-corrected chi connectivity index (χ2v) is 6.05. The lowest BCUT2D eigenvalue weighted by Gasteiger charge is -2.22. The second kappa shape index (κ2) is 4.80. The highest BCUT2D eigenvalue weighted by atomic mass is 16.3. The monoisotopic (exact) mass is 292 g/mol. The maximum atomic E-state index is 12.9. The number of benzene rings is 2. The van der Waals surface area contributed by atoms with Gasteiger partial charge in [-0.3, -0.25) is 9.59 Å². The minimum absolute atomic E-state index is 0.0523. The van der Waals surface area contributed by atoms with Crippen molar-refractivity contribution in [2.75, 3.05) is 0 Å². The number of carbonyl (C=O) groups excluding carboxylic acids is 2. The van der Waals surface area contributed by atoms with Crippen LogP contribution in [0.25, 0.3) is 0 Å². The molecular formula is C19H16O3. The molecule has 2 aromatic rings. The average Bonchev–Trinajstić information content (AvgIpc) is 2.76. The molecule has 0 aliphatic heterocycles. The Balaban J connectivity index is 2.04. The van der Waals surface area contributed by atoms with Crippen molar-refractivity contribution in [3.8, 4) is 5.75 Å². The summed E-state index contributed by atoms with van der Waals surface area (Å²) in [7, 11) is 0. The predicted octanol–water partition coefficient (Wildman–Crippen LogP) is 3.44. The van der Waals surface area contributed by atoms with E-state index in [0.29, 0.717) is 16.7 Å². The van der Waals surface area contributed by atoms with Gasteiger partial charge in [-0.05, 0) is 42.9 Å². The van der Waals surface area contributed by atoms with Crippen molar-refractivity contribution >= 4 is 11.6 Å². The molecule has 2 aliphatic rings. The van der Waals surface area contributed by atoms with Gasteiger partial charge in [0.15, 0.2) is 11.6 Å². The number of phenolic OH excluding ortho intramolecular Hbond substituents is 1. The van der Waals surface area contributed by atoms with Crippen LogP contribution in [0.3, 0.4) is 0 Å². The highest BCUT2D eigenvalue weighted by Crippen LogP contribution is 2.38.